The molecule has 0 fully saturated rings. The van der Waals surface area contributed by atoms with Gasteiger partial charge in [-0.05, 0) is 72.8 Å². The van der Waals surface area contributed by atoms with Gasteiger partial charge in [0, 0.05) is 49.4 Å². The van der Waals surface area contributed by atoms with E-state index >= 15 is 0 Å². The summed E-state index contributed by atoms with van der Waals surface area (Å²) in [4.78, 5) is 11.5. The van der Waals surface area contributed by atoms with E-state index in [1.54, 1.807) is 11.3 Å². The number of benzene rings is 6. The summed E-state index contributed by atoms with van der Waals surface area (Å²) < 4.78 is 5.85. The average molecular weight is 669 g/mol. The molecule has 0 bridgehead atoms. The molecule has 0 saturated carbocycles. The first-order valence-electron chi connectivity index (χ1n) is 17.2. The topological polar surface area (TPSA) is 35.6 Å². The number of rotatable bonds is 4. The van der Waals surface area contributed by atoms with Gasteiger partial charge in [-0.15, -0.1) is 11.3 Å². The molecule has 11 rings (SSSR count). The summed E-state index contributed by atoms with van der Waals surface area (Å²) in [5.41, 5.74) is 12.1. The van der Waals surface area contributed by atoms with Crippen molar-refractivity contribution in [2.75, 3.05) is 0 Å². The zero-order chi connectivity index (χ0) is 33.5. The van der Waals surface area contributed by atoms with Gasteiger partial charge in [0.05, 0.1) is 43.7 Å². The van der Waals surface area contributed by atoms with Gasteiger partial charge in [-0.25, -0.2) is 9.97 Å². The second-order valence-corrected chi connectivity index (χ2v) is 14.1. The highest BCUT2D eigenvalue weighted by atomic mass is 32.1. The van der Waals surface area contributed by atoms with E-state index < -0.39 is 0 Å². The fourth-order valence-corrected chi connectivity index (χ4v) is 8.83. The van der Waals surface area contributed by atoms with Gasteiger partial charge in [-0.1, -0.05) is 97.1 Å². The Morgan fingerprint density at radius 2 is 0.843 bits per heavy atom. The van der Waals surface area contributed by atoms with E-state index in [4.69, 9.17) is 9.97 Å². The van der Waals surface area contributed by atoms with Crippen molar-refractivity contribution >= 4 is 75.4 Å². The molecule has 0 N–H and O–H groups in total. The first kappa shape index (κ1) is 28.3. The van der Waals surface area contributed by atoms with Gasteiger partial charge >= 0.3 is 0 Å². The van der Waals surface area contributed by atoms with Crippen molar-refractivity contribution in [2.24, 2.45) is 0 Å². The largest absolute Gasteiger partial charge is 0.309 e. The molecular weight excluding hydrogens is 641 g/mol. The quantitative estimate of drug-likeness (QED) is 0.187. The Kier molecular flexibility index (Phi) is 6.09. The highest BCUT2D eigenvalue weighted by molar-refractivity contribution is 7.25. The van der Waals surface area contributed by atoms with Gasteiger partial charge in [0.1, 0.15) is 4.83 Å². The van der Waals surface area contributed by atoms with E-state index in [2.05, 4.69) is 179 Å². The van der Waals surface area contributed by atoms with Crippen LogP contribution in [0.2, 0.25) is 0 Å². The van der Waals surface area contributed by atoms with Crippen LogP contribution in [0, 0.1) is 0 Å². The molecule has 0 aliphatic carbocycles. The minimum Gasteiger partial charge on any atom is -0.309 e. The molecule has 5 heterocycles. The van der Waals surface area contributed by atoms with E-state index in [-0.39, 0.29) is 0 Å². The Bertz CT molecular complexity index is 3130. The van der Waals surface area contributed by atoms with Crippen LogP contribution in [0.15, 0.2) is 170 Å². The van der Waals surface area contributed by atoms with E-state index in [0.29, 0.717) is 0 Å². The van der Waals surface area contributed by atoms with Gasteiger partial charge in [0.15, 0.2) is 0 Å². The minimum absolute atomic E-state index is 0.956. The van der Waals surface area contributed by atoms with Gasteiger partial charge < -0.3 is 9.13 Å². The number of thiophene rings is 1. The lowest BCUT2D eigenvalue weighted by molar-refractivity contribution is 1.18. The molecule has 0 unspecified atom stereocenters. The van der Waals surface area contributed by atoms with Crippen molar-refractivity contribution in [3.8, 4) is 33.9 Å². The van der Waals surface area contributed by atoms with Gasteiger partial charge in [-0.2, -0.15) is 0 Å². The van der Waals surface area contributed by atoms with Crippen LogP contribution in [0.3, 0.4) is 0 Å². The van der Waals surface area contributed by atoms with Crippen LogP contribution < -0.4 is 0 Å². The highest BCUT2D eigenvalue weighted by Gasteiger charge is 2.17. The number of pyridine rings is 2. The summed E-state index contributed by atoms with van der Waals surface area (Å²) in [6.45, 7) is 0. The molecule has 0 amide bonds. The molecule has 4 nitrogen and oxygen atoms in total. The Balaban J connectivity index is 1.03. The molecule has 238 valence electrons. The molecule has 5 heteroatoms. The lowest BCUT2D eigenvalue weighted by Crippen LogP contribution is -1.93. The van der Waals surface area contributed by atoms with E-state index in [9.17, 15) is 0 Å². The van der Waals surface area contributed by atoms with Gasteiger partial charge in [0.2, 0.25) is 0 Å². The molecule has 0 radical (unpaired) electrons. The summed E-state index contributed by atoms with van der Waals surface area (Å²) >= 11 is 1.70. The fourth-order valence-electron chi connectivity index (χ4n) is 7.82. The Morgan fingerprint density at radius 1 is 0.373 bits per heavy atom. The van der Waals surface area contributed by atoms with Crippen molar-refractivity contribution in [2.45, 2.75) is 0 Å². The van der Waals surface area contributed by atoms with E-state index in [0.717, 1.165) is 54.3 Å². The number of aromatic nitrogens is 4. The maximum atomic E-state index is 5.27. The number of hydrogen-bond donors (Lipinski definition) is 0. The molecule has 11 aromatic rings. The van der Waals surface area contributed by atoms with Crippen molar-refractivity contribution < 1.29 is 0 Å². The standard InChI is InChI=1S/C46H28N4S/c1-3-11-31(12-4-1)49-40-17-9-7-15-33(40)35-21-19-29(27-42(35)49)38-25-26-44-45(47-38)37-23-24-39(48-46(37)51-44)30-20-22-36-34-16-8-10-18-41(34)50(43(36)28-30)32-13-5-2-6-14-32/h1-28H. The SMILES string of the molecule is c1ccc(-n2c3ccccc3c3ccc(-c4ccc5c(n4)sc4ccc(-c6ccc7c8ccccc8n(-c8ccccc8)c7c6)nc45)cc32)cc1. The lowest BCUT2D eigenvalue weighted by atomic mass is 10.1. The summed E-state index contributed by atoms with van der Waals surface area (Å²) in [6.07, 6.45) is 0. The number of hydrogen-bond acceptors (Lipinski definition) is 3. The second-order valence-electron chi connectivity index (χ2n) is 13.0. The molecule has 5 aromatic heterocycles. The van der Waals surface area contributed by atoms with Gasteiger partial charge in [-0.3, -0.25) is 0 Å². The number of nitrogens with zero attached hydrogens (tertiary/aromatic N) is 4. The summed E-state index contributed by atoms with van der Waals surface area (Å²) in [5.74, 6) is 0. The normalized spacial score (nSPS) is 11.9. The molecule has 0 aliphatic heterocycles. The first-order chi connectivity index (χ1) is 25.3. The number of fused-ring (bicyclic) bond motifs is 9. The second kappa shape index (κ2) is 11.0. The monoisotopic (exact) mass is 668 g/mol. The van der Waals surface area contributed by atoms with Crippen molar-refractivity contribution in [3.63, 3.8) is 0 Å². The molecule has 0 atom stereocenters. The molecular formula is C46H28N4S. The van der Waals surface area contributed by atoms with Crippen LogP contribution in [0.25, 0.3) is 97.9 Å². The third-order valence-electron chi connectivity index (χ3n) is 10.1. The van der Waals surface area contributed by atoms with Crippen LogP contribution in [-0.4, -0.2) is 19.1 Å². The third-order valence-corrected chi connectivity index (χ3v) is 11.2. The summed E-state index contributed by atoms with van der Waals surface area (Å²) in [5, 5.41) is 6.05. The summed E-state index contributed by atoms with van der Waals surface area (Å²) in [7, 11) is 0. The predicted octanol–water partition coefficient (Wildman–Crippen LogP) is 12.4. The highest BCUT2D eigenvalue weighted by Crippen LogP contribution is 2.39. The Labute approximate surface area is 297 Å². The van der Waals surface area contributed by atoms with Crippen LogP contribution in [0.1, 0.15) is 0 Å². The van der Waals surface area contributed by atoms with Crippen molar-refractivity contribution in [1.82, 2.24) is 19.1 Å². The Morgan fingerprint density at radius 3 is 1.43 bits per heavy atom. The smallest absolute Gasteiger partial charge is 0.126 e. The van der Waals surface area contributed by atoms with E-state index in [1.165, 1.54) is 43.6 Å². The van der Waals surface area contributed by atoms with E-state index in [1.807, 2.05) is 0 Å². The fraction of sp³-hybridized carbons (Fsp3) is 0. The predicted molar refractivity (Wildman–Crippen MR) is 214 cm³/mol. The van der Waals surface area contributed by atoms with Crippen LogP contribution in [0.4, 0.5) is 0 Å². The molecule has 6 aromatic carbocycles. The maximum Gasteiger partial charge on any atom is 0.126 e. The minimum atomic E-state index is 0.956. The molecule has 51 heavy (non-hydrogen) atoms. The van der Waals surface area contributed by atoms with Crippen LogP contribution in [-0.2, 0) is 0 Å². The van der Waals surface area contributed by atoms with Crippen LogP contribution >= 0.6 is 11.3 Å². The first-order valence-corrected chi connectivity index (χ1v) is 18.0. The lowest BCUT2D eigenvalue weighted by Gasteiger charge is -2.09. The maximum absolute atomic E-state index is 5.27. The third kappa shape index (κ3) is 4.32. The zero-order valence-electron chi connectivity index (χ0n) is 27.4. The average Bonchev–Trinajstić information content (AvgIpc) is 3.85. The van der Waals surface area contributed by atoms with Crippen molar-refractivity contribution in [1.29, 1.82) is 0 Å². The summed E-state index contributed by atoms with van der Waals surface area (Å²) in [6, 6.07) is 60.6. The van der Waals surface area contributed by atoms with Crippen molar-refractivity contribution in [3.05, 3.63) is 170 Å². The zero-order valence-corrected chi connectivity index (χ0v) is 28.2. The Hall–Kier alpha value is -6.56. The molecule has 0 saturated heterocycles. The van der Waals surface area contributed by atoms with Crippen LogP contribution in [0.5, 0.6) is 0 Å². The van der Waals surface area contributed by atoms with Gasteiger partial charge in [0.25, 0.3) is 0 Å². The number of para-hydroxylation sites is 4. The molecule has 0 aliphatic rings. The molecule has 0 spiro atoms.